The van der Waals surface area contributed by atoms with Crippen LogP contribution < -0.4 is 4.90 Å². The first-order chi connectivity index (χ1) is 14.2. The van der Waals surface area contributed by atoms with Crippen molar-refractivity contribution in [2.75, 3.05) is 10.7 Å². The van der Waals surface area contributed by atoms with Gasteiger partial charge < -0.3 is 0 Å². The molecule has 4 aromatic rings. The smallest absolute Gasteiger partial charge is 0.260 e. The van der Waals surface area contributed by atoms with E-state index in [0.717, 1.165) is 26.4 Å². The Labute approximate surface area is 183 Å². The highest BCUT2D eigenvalue weighted by Gasteiger charge is 2.22. The van der Waals surface area contributed by atoms with Crippen molar-refractivity contribution in [2.45, 2.75) is 18.4 Å². The van der Waals surface area contributed by atoms with Crippen LogP contribution in [-0.2, 0) is 6.54 Å². The molecule has 0 aliphatic rings. The van der Waals surface area contributed by atoms with Crippen molar-refractivity contribution in [1.82, 2.24) is 4.98 Å². The summed E-state index contributed by atoms with van der Waals surface area (Å²) in [4.78, 5) is 21.0. The molecule has 0 bridgehead atoms. The van der Waals surface area contributed by atoms with Gasteiger partial charge in [0.15, 0.2) is 5.13 Å². The maximum absolute atomic E-state index is 13.5. The lowest BCUT2D eigenvalue weighted by Crippen LogP contribution is -2.30. The molecule has 0 fully saturated rings. The molecule has 0 saturated heterocycles. The quantitative estimate of drug-likeness (QED) is 0.306. The van der Waals surface area contributed by atoms with Gasteiger partial charge in [0.05, 0.1) is 16.3 Å². The number of thiazole rings is 1. The SMILES string of the molecule is CCSc1cccc(C(=O)N(Cc2ccccc2)c2nc3c(Cl)cccc3s2)c1. The fourth-order valence-electron chi connectivity index (χ4n) is 3.05. The first-order valence-corrected chi connectivity index (χ1v) is 11.5. The standard InChI is InChI=1S/C23H19ClN2OS2/c1-2-28-18-11-6-10-17(14-18)22(27)26(15-16-8-4-3-5-9-16)23-25-21-19(24)12-7-13-20(21)29-23/h3-14H,2,15H2,1H3. The molecule has 0 atom stereocenters. The van der Waals surface area contributed by atoms with Crippen LogP contribution >= 0.6 is 34.7 Å². The van der Waals surface area contributed by atoms with E-state index in [-0.39, 0.29) is 5.91 Å². The highest BCUT2D eigenvalue weighted by molar-refractivity contribution is 7.99. The third kappa shape index (κ3) is 4.47. The molecule has 0 aliphatic heterocycles. The van der Waals surface area contributed by atoms with Crippen molar-refractivity contribution in [2.24, 2.45) is 0 Å². The van der Waals surface area contributed by atoms with Crippen LogP contribution in [0.15, 0.2) is 77.7 Å². The van der Waals surface area contributed by atoms with Crippen molar-refractivity contribution in [1.29, 1.82) is 0 Å². The van der Waals surface area contributed by atoms with Crippen LogP contribution in [0.4, 0.5) is 5.13 Å². The topological polar surface area (TPSA) is 33.2 Å². The lowest BCUT2D eigenvalue weighted by Gasteiger charge is -2.20. The molecular formula is C23H19ClN2OS2. The molecule has 3 nitrogen and oxygen atoms in total. The first-order valence-electron chi connectivity index (χ1n) is 9.29. The summed E-state index contributed by atoms with van der Waals surface area (Å²) in [5, 5.41) is 1.24. The Morgan fingerprint density at radius 1 is 1.07 bits per heavy atom. The molecule has 1 amide bonds. The van der Waals surface area contributed by atoms with E-state index in [0.29, 0.717) is 22.3 Å². The molecule has 4 rings (SSSR count). The minimum absolute atomic E-state index is 0.0671. The van der Waals surface area contributed by atoms with Gasteiger partial charge in [-0.05, 0) is 41.6 Å². The van der Waals surface area contributed by atoms with Crippen LogP contribution in [0.2, 0.25) is 5.02 Å². The zero-order valence-corrected chi connectivity index (χ0v) is 18.2. The number of carbonyl (C=O) groups excluding carboxylic acids is 1. The third-order valence-corrected chi connectivity index (χ3v) is 6.63. The fourth-order valence-corrected chi connectivity index (χ4v) is 5.03. The van der Waals surface area contributed by atoms with Gasteiger partial charge in [-0.25, -0.2) is 4.98 Å². The lowest BCUT2D eigenvalue weighted by molar-refractivity contribution is 0.0985. The summed E-state index contributed by atoms with van der Waals surface area (Å²) < 4.78 is 0.966. The zero-order valence-electron chi connectivity index (χ0n) is 15.8. The molecule has 6 heteroatoms. The predicted octanol–water partition coefficient (Wildman–Crippen LogP) is 6.91. The normalized spacial score (nSPS) is 11.0. The maximum Gasteiger partial charge on any atom is 0.260 e. The minimum Gasteiger partial charge on any atom is -0.279 e. The van der Waals surface area contributed by atoms with Crippen molar-refractivity contribution in [3.63, 3.8) is 0 Å². The highest BCUT2D eigenvalue weighted by Crippen LogP contribution is 2.34. The number of amides is 1. The largest absolute Gasteiger partial charge is 0.279 e. The van der Waals surface area contributed by atoms with Crippen LogP contribution in [0.1, 0.15) is 22.8 Å². The van der Waals surface area contributed by atoms with Gasteiger partial charge in [0.2, 0.25) is 0 Å². The van der Waals surface area contributed by atoms with Crippen molar-refractivity contribution >= 4 is 56.0 Å². The van der Waals surface area contributed by atoms with Crippen LogP contribution in [-0.4, -0.2) is 16.6 Å². The molecule has 1 heterocycles. The Morgan fingerprint density at radius 3 is 2.62 bits per heavy atom. The molecule has 0 aliphatic carbocycles. The number of fused-ring (bicyclic) bond motifs is 1. The number of thioether (sulfide) groups is 1. The molecule has 0 saturated carbocycles. The second kappa shape index (κ2) is 8.99. The molecule has 1 aromatic heterocycles. The van der Waals surface area contributed by atoms with Gasteiger partial charge in [-0.3, -0.25) is 9.69 Å². The molecule has 0 N–H and O–H groups in total. The van der Waals surface area contributed by atoms with E-state index in [1.807, 2.05) is 72.8 Å². The summed E-state index contributed by atoms with van der Waals surface area (Å²) in [5.41, 5.74) is 2.44. The lowest BCUT2D eigenvalue weighted by atomic mass is 10.1. The Balaban J connectivity index is 1.76. The van der Waals surface area contributed by atoms with Gasteiger partial charge in [-0.2, -0.15) is 0 Å². The number of nitrogens with zero attached hydrogens (tertiary/aromatic N) is 2. The molecule has 146 valence electrons. The number of aromatic nitrogens is 1. The molecule has 29 heavy (non-hydrogen) atoms. The summed E-state index contributed by atoms with van der Waals surface area (Å²) in [6.07, 6.45) is 0. The van der Waals surface area contributed by atoms with Crippen LogP contribution in [0.25, 0.3) is 10.2 Å². The Hall–Kier alpha value is -2.34. The number of hydrogen-bond donors (Lipinski definition) is 0. The van der Waals surface area contributed by atoms with Crippen molar-refractivity contribution < 1.29 is 4.79 Å². The van der Waals surface area contributed by atoms with E-state index < -0.39 is 0 Å². The second-order valence-corrected chi connectivity index (χ2v) is 9.17. The summed E-state index contributed by atoms with van der Waals surface area (Å²) in [5.74, 6) is 0.893. The van der Waals surface area contributed by atoms with E-state index >= 15 is 0 Å². The number of anilines is 1. The first kappa shape index (κ1) is 20.0. The second-order valence-electron chi connectivity index (χ2n) is 6.42. The van der Waals surface area contributed by atoms with E-state index in [2.05, 4.69) is 6.92 Å². The average Bonchev–Trinajstić information content (AvgIpc) is 3.18. The van der Waals surface area contributed by atoms with Crippen LogP contribution in [0.3, 0.4) is 0 Å². The number of rotatable bonds is 6. The van der Waals surface area contributed by atoms with E-state index in [9.17, 15) is 4.79 Å². The molecule has 0 radical (unpaired) electrons. The monoisotopic (exact) mass is 438 g/mol. The number of halogens is 1. The Morgan fingerprint density at radius 2 is 1.86 bits per heavy atom. The summed E-state index contributed by atoms with van der Waals surface area (Å²) in [6, 6.07) is 23.4. The highest BCUT2D eigenvalue weighted by atomic mass is 35.5. The minimum atomic E-state index is -0.0671. The molecule has 0 spiro atoms. The van der Waals surface area contributed by atoms with Crippen molar-refractivity contribution in [3.05, 3.63) is 88.9 Å². The summed E-state index contributed by atoms with van der Waals surface area (Å²) >= 11 is 9.53. The Bertz CT molecular complexity index is 1140. The maximum atomic E-state index is 13.5. The molecular weight excluding hydrogens is 420 g/mol. The van der Waals surface area contributed by atoms with Gasteiger partial charge in [0.25, 0.3) is 5.91 Å². The fraction of sp³-hybridized carbons (Fsp3) is 0.130. The Kier molecular flexibility index (Phi) is 6.19. The zero-order chi connectivity index (χ0) is 20.2. The number of benzene rings is 3. The van der Waals surface area contributed by atoms with Gasteiger partial charge in [-0.1, -0.05) is 72.3 Å². The number of para-hydroxylation sites is 1. The van der Waals surface area contributed by atoms with Gasteiger partial charge in [0, 0.05) is 10.5 Å². The number of carbonyl (C=O) groups is 1. The van der Waals surface area contributed by atoms with Gasteiger partial charge in [0.1, 0.15) is 5.52 Å². The number of hydrogen-bond acceptors (Lipinski definition) is 4. The molecule has 3 aromatic carbocycles. The predicted molar refractivity (Wildman–Crippen MR) is 124 cm³/mol. The van der Waals surface area contributed by atoms with E-state index in [1.165, 1.54) is 11.3 Å². The molecule has 0 unspecified atom stereocenters. The van der Waals surface area contributed by atoms with Crippen LogP contribution in [0, 0.1) is 0 Å². The average molecular weight is 439 g/mol. The summed E-state index contributed by atoms with van der Waals surface area (Å²) in [7, 11) is 0. The van der Waals surface area contributed by atoms with E-state index in [1.54, 1.807) is 16.7 Å². The van der Waals surface area contributed by atoms with Gasteiger partial charge in [-0.15, -0.1) is 11.8 Å². The van der Waals surface area contributed by atoms with Crippen molar-refractivity contribution in [3.8, 4) is 0 Å². The third-order valence-electron chi connectivity index (χ3n) is 4.41. The summed E-state index contributed by atoms with van der Waals surface area (Å²) in [6.45, 7) is 2.55. The van der Waals surface area contributed by atoms with E-state index in [4.69, 9.17) is 16.6 Å². The van der Waals surface area contributed by atoms with Gasteiger partial charge >= 0.3 is 0 Å². The van der Waals surface area contributed by atoms with Crippen LogP contribution in [0.5, 0.6) is 0 Å².